The molecule has 7 nitrogen and oxygen atoms in total. The molecule has 1 fully saturated rings. The Morgan fingerprint density at radius 3 is 2.78 bits per heavy atom. The number of alkyl halides is 3. The largest absolute Gasteiger partial charge is 0.416 e. The van der Waals surface area contributed by atoms with Gasteiger partial charge < -0.3 is 15.5 Å². The SMILES string of the molecule is CC(=O)N[C@@H]1CCN(c2cnc3ncnc(N[C@H](C)c4cccc(C(F)(F)F)c4)c3c2)C1. The maximum absolute atomic E-state index is 13.1. The number of nitrogens with zero attached hydrogens (tertiary/aromatic N) is 4. The molecule has 2 N–H and O–H groups in total. The maximum Gasteiger partial charge on any atom is 0.416 e. The second-order valence-corrected chi connectivity index (χ2v) is 7.91. The van der Waals surface area contributed by atoms with Crippen LogP contribution in [0.25, 0.3) is 11.0 Å². The summed E-state index contributed by atoms with van der Waals surface area (Å²) in [5.41, 5.74) is 1.16. The third-order valence-corrected chi connectivity index (χ3v) is 5.50. The minimum atomic E-state index is -4.40. The van der Waals surface area contributed by atoms with E-state index in [1.54, 1.807) is 19.2 Å². The molecule has 32 heavy (non-hydrogen) atoms. The van der Waals surface area contributed by atoms with Gasteiger partial charge in [-0.05, 0) is 37.1 Å². The predicted octanol–water partition coefficient (Wildman–Crippen LogP) is 3.93. The number of anilines is 2. The highest BCUT2D eigenvalue weighted by atomic mass is 19.4. The van der Waals surface area contributed by atoms with E-state index in [-0.39, 0.29) is 11.9 Å². The highest BCUT2D eigenvalue weighted by Gasteiger charge is 2.31. The number of halogens is 3. The van der Waals surface area contributed by atoms with Gasteiger partial charge in [0.25, 0.3) is 0 Å². The van der Waals surface area contributed by atoms with Gasteiger partial charge in [0.15, 0.2) is 5.65 Å². The van der Waals surface area contributed by atoms with Gasteiger partial charge >= 0.3 is 6.18 Å². The minimum absolute atomic E-state index is 0.0584. The predicted molar refractivity (Wildman–Crippen MR) is 115 cm³/mol. The molecule has 2 atom stereocenters. The Balaban J connectivity index is 1.58. The normalized spacial score (nSPS) is 17.4. The van der Waals surface area contributed by atoms with E-state index in [0.29, 0.717) is 29.0 Å². The van der Waals surface area contributed by atoms with Crippen molar-refractivity contribution in [3.05, 3.63) is 54.0 Å². The van der Waals surface area contributed by atoms with Crippen LogP contribution in [0.5, 0.6) is 0 Å². The van der Waals surface area contributed by atoms with Crippen molar-refractivity contribution in [2.75, 3.05) is 23.3 Å². The lowest BCUT2D eigenvalue weighted by Crippen LogP contribution is -2.35. The van der Waals surface area contributed by atoms with Crippen molar-refractivity contribution in [1.82, 2.24) is 20.3 Å². The van der Waals surface area contributed by atoms with Crippen LogP contribution in [0.2, 0.25) is 0 Å². The fourth-order valence-electron chi connectivity index (χ4n) is 3.90. The topological polar surface area (TPSA) is 83.0 Å². The first-order valence-electron chi connectivity index (χ1n) is 10.3. The molecule has 3 heterocycles. The zero-order valence-corrected chi connectivity index (χ0v) is 17.6. The molecule has 0 saturated carbocycles. The molecular formula is C22H23F3N6O. The summed E-state index contributed by atoms with van der Waals surface area (Å²) in [6.07, 6.45) is -0.466. The fourth-order valence-corrected chi connectivity index (χ4v) is 3.90. The average molecular weight is 444 g/mol. The van der Waals surface area contributed by atoms with Crippen molar-refractivity contribution in [2.45, 2.75) is 38.5 Å². The molecule has 0 spiro atoms. The summed E-state index contributed by atoms with van der Waals surface area (Å²) in [6, 6.07) is 6.80. The Hall–Kier alpha value is -3.43. The van der Waals surface area contributed by atoms with Gasteiger partial charge in [-0.25, -0.2) is 15.0 Å². The van der Waals surface area contributed by atoms with Crippen LogP contribution in [-0.4, -0.2) is 40.0 Å². The van der Waals surface area contributed by atoms with Crippen LogP contribution in [-0.2, 0) is 11.0 Å². The first kappa shape index (κ1) is 21.8. The Labute approximate surface area is 183 Å². The standard InChI is InChI=1S/C22H23F3N6O/c1-13(15-4-3-5-16(8-15)22(23,24)25)29-21-19-9-18(10-26-20(19)27-12-28-21)31-7-6-17(11-31)30-14(2)32/h3-5,8-10,12-13,17H,6-7,11H2,1-2H3,(H,30,32)(H,26,27,28,29)/t13-,17-/m1/s1. The van der Waals surface area contributed by atoms with Gasteiger partial charge in [-0.15, -0.1) is 0 Å². The Morgan fingerprint density at radius 1 is 1.22 bits per heavy atom. The third-order valence-electron chi connectivity index (χ3n) is 5.50. The van der Waals surface area contributed by atoms with Gasteiger partial charge in [0, 0.05) is 32.1 Å². The summed E-state index contributed by atoms with van der Waals surface area (Å²) >= 11 is 0. The lowest BCUT2D eigenvalue weighted by atomic mass is 10.0. The quantitative estimate of drug-likeness (QED) is 0.621. The van der Waals surface area contributed by atoms with Gasteiger partial charge in [0.05, 0.1) is 22.8 Å². The van der Waals surface area contributed by atoms with Crippen molar-refractivity contribution in [2.24, 2.45) is 0 Å². The van der Waals surface area contributed by atoms with Crippen molar-refractivity contribution < 1.29 is 18.0 Å². The average Bonchev–Trinajstić information content (AvgIpc) is 3.21. The number of hydrogen-bond acceptors (Lipinski definition) is 6. The number of benzene rings is 1. The number of fused-ring (bicyclic) bond motifs is 1. The maximum atomic E-state index is 13.1. The Kier molecular flexibility index (Phi) is 5.86. The number of carbonyl (C=O) groups excluding carboxylic acids is 1. The van der Waals surface area contributed by atoms with E-state index < -0.39 is 17.8 Å². The summed E-state index contributed by atoms with van der Waals surface area (Å²) in [6.45, 7) is 4.72. The van der Waals surface area contributed by atoms with Crippen molar-refractivity contribution in [3.8, 4) is 0 Å². The molecule has 4 rings (SSSR count). The van der Waals surface area contributed by atoms with Crippen molar-refractivity contribution in [3.63, 3.8) is 0 Å². The van der Waals surface area contributed by atoms with E-state index in [2.05, 4.69) is 30.5 Å². The van der Waals surface area contributed by atoms with Gasteiger partial charge in [0.1, 0.15) is 12.1 Å². The molecule has 0 unspecified atom stereocenters. The first-order valence-corrected chi connectivity index (χ1v) is 10.3. The second kappa shape index (κ2) is 8.60. The summed E-state index contributed by atoms with van der Waals surface area (Å²) in [5, 5.41) is 6.80. The van der Waals surface area contributed by atoms with Crippen LogP contribution in [0.3, 0.4) is 0 Å². The van der Waals surface area contributed by atoms with Gasteiger partial charge in [-0.3, -0.25) is 4.79 Å². The molecule has 168 valence electrons. The van der Waals surface area contributed by atoms with E-state index in [1.165, 1.54) is 19.3 Å². The molecule has 1 aliphatic rings. The molecule has 0 aliphatic carbocycles. The highest BCUT2D eigenvalue weighted by Crippen LogP contribution is 2.32. The lowest BCUT2D eigenvalue weighted by molar-refractivity contribution is -0.137. The smallest absolute Gasteiger partial charge is 0.368 e. The number of rotatable bonds is 5. The lowest BCUT2D eigenvalue weighted by Gasteiger charge is -2.20. The number of amides is 1. The van der Waals surface area contributed by atoms with Gasteiger partial charge in [0.2, 0.25) is 5.91 Å². The Bertz CT molecular complexity index is 1140. The van der Waals surface area contributed by atoms with E-state index in [0.717, 1.165) is 30.8 Å². The Morgan fingerprint density at radius 2 is 2.03 bits per heavy atom. The molecule has 1 saturated heterocycles. The molecule has 2 aromatic heterocycles. The van der Waals surface area contributed by atoms with Crippen LogP contribution in [0, 0.1) is 0 Å². The third kappa shape index (κ3) is 4.74. The molecule has 10 heteroatoms. The van der Waals surface area contributed by atoms with E-state index in [9.17, 15) is 18.0 Å². The minimum Gasteiger partial charge on any atom is -0.368 e. The van der Waals surface area contributed by atoms with Crippen molar-refractivity contribution >= 4 is 28.4 Å². The molecule has 1 aromatic carbocycles. The van der Waals surface area contributed by atoms with Gasteiger partial charge in [-0.1, -0.05) is 12.1 Å². The zero-order valence-electron chi connectivity index (χ0n) is 17.6. The van der Waals surface area contributed by atoms with Crippen LogP contribution in [0.1, 0.15) is 37.4 Å². The fraction of sp³-hybridized carbons (Fsp3) is 0.364. The number of pyridine rings is 1. The number of hydrogen-bond donors (Lipinski definition) is 2. The first-order chi connectivity index (χ1) is 15.2. The second-order valence-electron chi connectivity index (χ2n) is 7.91. The van der Waals surface area contributed by atoms with Crippen LogP contribution in [0.4, 0.5) is 24.7 Å². The van der Waals surface area contributed by atoms with Crippen LogP contribution >= 0.6 is 0 Å². The van der Waals surface area contributed by atoms with Gasteiger partial charge in [-0.2, -0.15) is 13.2 Å². The van der Waals surface area contributed by atoms with Crippen LogP contribution in [0.15, 0.2) is 42.9 Å². The van der Waals surface area contributed by atoms with Crippen molar-refractivity contribution in [1.29, 1.82) is 0 Å². The number of nitrogens with one attached hydrogen (secondary N) is 2. The summed E-state index contributed by atoms with van der Waals surface area (Å²) in [4.78, 5) is 26.4. The number of carbonyl (C=O) groups is 1. The monoisotopic (exact) mass is 444 g/mol. The molecule has 0 bridgehead atoms. The molecule has 1 amide bonds. The number of aromatic nitrogens is 3. The summed E-state index contributed by atoms with van der Waals surface area (Å²) < 4.78 is 39.2. The van der Waals surface area contributed by atoms with E-state index in [1.807, 2.05) is 6.07 Å². The van der Waals surface area contributed by atoms with E-state index >= 15 is 0 Å². The molecule has 1 aliphatic heterocycles. The van der Waals surface area contributed by atoms with Crippen LogP contribution < -0.4 is 15.5 Å². The molecule has 3 aromatic rings. The zero-order chi connectivity index (χ0) is 22.9. The highest BCUT2D eigenvalue weighted by molar-refractivity contribution is 5.88. The summed E-state index contributed by atoms with van der Waals surface area (Å²) in [7, 11) is 0. The molecule has 0 radical (unpaired) electrons. The summed E-state index contributed by atoms with van der Waals surface area (Å²) in [5.74, 6) is 0.434. The molecular weight excluding hydrogens is 421 g/mol. The van der Waals surface area contributed by atoms with E-state index in [4.69, 9.17) is 0 Å².